The van der Waals surface area contributed by atoms with Gasteiger partial charge in [-0.25, -0.2) is 0 Å². The molecule has 14 heteroatoms. The third kappa shape index (κ3) is 6.36. The minimum atomic E-state index is -5.20. The molecule has 3 aromatic carbocycles. The Morgan fingerprint density at radius 3 is 1.85 bits per heavy atom. The lowest BCUT2D eigenvalue weighted by atomic mass is 9.95. The molecule has 0 radical (unpaired) electrons. The summed E-state index contributed by atoms with van der Waals surface area (Å²) in [6.07, 6.45) is -15.2. The van der Waals surface area contributed by atoms with Crippen LogP contribution in [0.25, 0.3) is 22.4 Å². The molecule has 0 aliphatic heterocycles. The number of aromatic hydroxyl groups is 1. The smallest absolute Gasteiger partial charge is 0.433 e. The maximum Gasteiger partial charge on any atom is 0.433 e. The summed E-state index contributed by atoms with van der Waals surface area (Å²) < 4.78 is 133. The fourth-order valence-corrected chi connectivity index (χ4v) is 4.02. The van der Waals surface area contributed by atoms with E-state index in [1.807, 2.05) is 0 Å². The number of phenolic OH excluding ortho intramolecular Hbond substituents is 1. The number of benzene rings is 3. The Morgan fingerprint density at radius 2 is 1.37 bits per heavy atom. The second kappa shape index (κ2) is 10.6. The Balaban J connectivity index is 1.92. The number of phenols is 1. The van der Waals surface area contributed by atoms with Crippen LogP contribution in [0.3, 0.4) is 0 Å². The van der Waals surface area contributed by atoms with Gasteiger partial charge in [0, 0.05) is 12.6 Å². The number of rotatable bonds is 6. The van der Waals surface area contributed by atoms with Crippen molar-refractivity contribution in [2.45, 2.75) is 25.1 Å². The first-order chi connectivity index (χ1) is 19.0. The first-order valence-electron chi connectivity index (χ1n) is 11.5. The van der Waals surface area contributed by atoms with E-state index < -0.39 is 57.9 Å². The summed E-state index contributed by atoms with van der Waals surface area (Å²) in [4.78, 5) is 0. The topological polar surface area (TPSA) is 56.5 Å². The minimum absolute atomic E-state index is 0.0867. The number of hydrogen-bond acceptors (Lipinski definition) is 4. The molecular formula is C27H19F9N2O3. The summed E-state index contributed by atoms with van der Waals surface area (Å²) in [5, 5.41) is 14.9. The van der Waals surface area contributed by atoms with Gasteiger partial charge in [0.2, 0.25) is 0 Å². The second-order valence-corrected chi connectivity index (χ2v) is 8.80. The molecule has 0 unspecified atom stereocenters. The average Bonchev–Trinajstić information content (AvgIpc) is 3.28. The number of ether oxygens (including phenoxy) is 2. The lowest BCUT2D eigenvalue weighted by Crippen LogP contribution is -2.11. The maximum atomic E-state index is 13.6. The van der Waals surface area contributed by atoms with Crippen LogP contribution in [0, 0.1) is 0 Å². The van der Waals surface area contributed by atoms with Crippen molar-refractivity contribution in [3.8, 4) is 39.6 Å². The average molecular weight is 590 g/mol. The van der Waals surface area contributed by atoms with Crippen molar-refractivity contribution < 1.29 is 54.1 Å². The number of aryl methyl sites for hydroxylation is 1. The first-order valence-corrected chi connectivity index (χ1v) is 11.5. The Labute approximate surface area is 226 Å². The molecule has 0 fully saturated rings. The lowest BCUT2D eigenvalue weighted by Gasteiger charge is -2.19. The molecule has 1 heterocycles. The van der Waals surface area contributed by atoms with Gasteiger partial charge in [-0.05, 0) is 59.7 Å². The number of nitrogens with zero attached hydrogens (tertiary/aromatic N) is 2. The van der Waals surface area contributed by atoms with E-state index >= 15 is 0 Å². The molecular weight excluding hydrogens is 571 g/mol. The summed E-state index contributed by atoms with van der Waals surface area (Å²) in [6.45, 7) is -0.233. The van der Waals surface area contributed by atoms with Crippen LogP contribution in [0.2, 0.25) is 0 Å². The van der Waals surface area contributed by atoms with E-state index in [-0.39, 0.29) is 24.0 Å². The fraction of sp³-hybridized carbons (Fsp3) is 0.222. The monoisotopic (exact) mass is 590 g/mol. The molecule has 0 saturated heterocycles. The van der Waals surface area contributed by atoms with Crippen LogP contribution in [0.4, 0.5) is 39.5 Å². The summed E-state index contributed by atoms with van der Waals surface area (Å²) in [6, 6.07) is 9.83. The number of halogens is 9. The van der Waals surface area contributed by atoms with Gasteiger partial charge in [-0.1, -0.05) is 12.1 Å². The zero-order chi connectivity index (χ0) is 30.3. The van der Waals surface area contributed by atoms with Crippen LogP contribution >= 0.6 is 0 Å². The molecule has 0 aliphatic rings. The maximum absolute atomic E-state index is 13.6. The van der Waals surface area contributed by atoms with Gasteiger partial charge in [0.1, 0.15) is 29.5 Å². The van der Waals surface area contributed by atoms with Gasteiger partial charge in [-0.15, -0.1) is 0 Å². The normalized spacial score (nSPS) is 12.5. The van der Waals surface area contributed by atoms with Gasteiger partial charge in [0.05, 0.1) is 29.5 Å². The van der Waals surface area contributed by atoms with Crippen LogP contribution in [-0.2, 0) is 32.2 Å². The highest BCUT2D eigenvalue weighted by Gasteiger charge is 2.38. The van der Waals surface area contributed by atoms with E-state index in [2.05, 4.69) is 5.10 Å². The molecule has 218 valence electrons. The zero-order valence-corrected chi connectivity index (χ0v) is 21.0. The van der Waals surface area contributed by atoms with E-state index in [1.54, 1.807) is 24.3 Å². The van der Waals surface area contributed by atoms with Crippen LogP contribution in [0.15, 0.2) is 60.7 Å². The minimum Gasteiger partial charge on any atom is -0.506 e. The number of methoxy groups -OCH3 is 1. The van der Waals surface area contributed by atoms with Crippen molar-refractivity contribution >= 4 is 0 Å². The molecule has 0 atom stereocenters. The summed E-state index contributed by atoms with van der Waals surface area (Å²) in [7, 11) is 2.42. The largest absolute Gasteiger partial charge is 0.506 e. The van der Waals surface area contributed by atoms with E-state index in [0.717, 1.165) is 19.2 Å². The summed E-state index contributed by atoms with van der Waals surface area (Å²) in [5.74, 6) is -0.758. The molecule has 0 saturated carbocycles. The zero-order valence-electron chi connectivity index (χ0n) is 21.0. The third-order valence-electron chi connectivity index (χ3n) is 6.02. The Hall–Kier alpha value is -4.36. The van der Waals surface area contributed by atoms with Crippen molar-refractivity contribution in [3.63, 3.8) is 0 Å². The second-order valence-electron chi connectivity index (χ2n) is 8.80. The van der Waals surface area contributed by atoms with E-state index in [4.69, 9.17) is 9.47 Å². The number of aromatic nitrogens is 2. The van der Waals surface area contributed by atoms with Crippen molar-refractivity contribution in [3.05, 3.63) is 83.0 Å². The quantitative estimate of drug-likeness (QED) is 0.231. The molecule has 0 amide bonds. The van der Waals surface area contributed by atoms with Gasteiger partial charge in [0.25, 0.3) is 0 Å². The molecule has 1 N–H and O–H groups in total. The Morgan fingerprint density at radius 1 is 0.780 bits per heavy atom. The standard InChI is InChI=1S/C27H19F9N2O3/c1-38-22(27(34,35)36)12-20(37-38)19-7-8-21(41-13-14-3-5-18(40-2)6-4-14)23(24(19)39)15-9-16(25(28,29)30)11-17(10-15)26(31,32)33/h3-12,39H,13H2,1-2H3. The predicted molar refractivity (Wildman–Crippen MR) is 128 cm³/mol. The first kappa shape index (κ1) is 29.6. The van der Waals surface area contributed by atoms with Crippen molar-refractivity contribution in [2.75, 3.05) is 7.11 Å². The highest BCUT2D eigenvalue weighted by Crippen LogP contribution is 2.47. The molecule has 4 rings (SSSR count). The van der Waals surface area contributed by atoms with Crippen LogP contribution in [-0.4, -0.2) is 22.0 Å². The highest BCUT2D eigenvalue weighted by molar-refractivity contribution is 5.85. The van der Waals surface area contributed by atoms with E-state index in [0.29, 0.717) is 34.2 Å². The predicted octanol–water partition coefficient (Wildman–Crippen LogP) is 8.10. The Kier molecular flexibility index (Phi) is 7.63. The van der Waals surface area contributed by atoms with Crippen LogP contribution in [0.5, 0.6) is 17.2 Å². The summed E-state index contributed by atoms with van der Waals surface area (Å²) >= 11 is 0. The SMILES string of the molecule is COc1ccc(COc2ccc(-c3cc(C(F)(F)F)n(C)n3)c(O)c2-c2cc(C(F)(F)F)cc(C(F)(F)F)c2)cc1. The molecule has 0 bridgehead atoms. The third-order valence-corrected chi connectivity index (χ3v) is 6.02. The summed E-state index contributed by atoms with van der Waals surface area (Å²) in [5.41, 5.74) is -6.14. The van der Waals surface area contributed by atoms with Gasteiger partial charge in [0.15, 0.2) is 0 Å². The Bertz CT molecular complexity index is 1520. The van der Waals surface area contributed by atoms with Gasteiger partial charge in [-0.3, -0.25) is 4.68 Å². The molecule has 1 aromatic heterocycles. The molecule has 0 aliphatic carbocycles. The van der Waals surface area contributed by atoms with Gasteiger partial charge in [-0.2, -0.15) is 44.6 Å². The lowest BCUT2D eigenvalue weighted by molar-refractivity contribution is -0.144. The number of hydrogen-bond donors (Lipinski definition) is 1. The van der Waals surface area contributed by atoms with Crippen molar-refractivity contribution in [1.82, 2.24) is 9.78 Å². The van der Waals surface area contributed by atoms with Gasteiger partial charge >= 0.3 is 18.5 Å². The van der Waals surface area contributed by atoms with Crippen molar-refractivity contribution in [1.29, 1.82) is 0 Å². The van der Waals surface area contributed by atoms with E-state index in [1.165, 1.54) is 7.11 Å². The fourth-order valence-electron chi connectivity index (χ4n) is 4.02. The highest BCUT2D eigenvalue weighted by atomic mass is 19.4. The van der Waals surface area contributed by atoms with Gasteiger partial charge < -0.3 is 14.6 Å². The van der Waals surface area contributed by atoms with E-state index in [9.17, 15) is 44.6 Å². The molecule has 41 heavy (non-hydrogen) atoms. The molecule has 4 aromatic rings. The number of alkyl halides is 9. The van der Waals surface area contributed by atoms with Crippen LogP contribution in [0.1, 0.15) is 22.4 Å². The van der Waals surface area contributed by atoms with Crippen LogP contribution < -0.4 is 9.47 Å². The molecule has 0 spiro atoms. The molecule has 5 nitrogen and oxygen atoms in total. The van der Waals surface area contributed by atoms with Crippen molar-refractivity contribution in [2.24, 2.45) is 7.05 Å².